The molecule has 0 saturated heterocycles. The number of rotatable bonds is 6. The molecule has 5 nitrogen and oxygen atoms in total. The van der Waals surface area contributed by atoms with Crippen molar-refractivity contribution < 1.29 is 19.4 Å². The number of aromatic carboxylic acids is 1. The molecule has 2 N–H and O–H groups in total. The molecule has 0 saturated carbocycles. The maximum Gasteiger partial charge on any atom is 0.335 e. The van der Waals surface area contributed by atoms with Crippen LogP contribution in [-0.4, -0.2) is 17.0 Å². The summed E-state index contributed by atoms with van der Waals surface area (Å²) in [6, 6.07) is 20.6. The summed E-state index contributed by atoms with van der Waals surface area (Å²) < 4.78 is 5.79. The van der Waals surface area contributed by atoms with Crippen LogP contribution in [0.3, 0.4) is 0 Å². The first-order valence-corrected chi connectivity index (χ1v) is 8.52. The van der Waals surface area contributed by atoms with Gasteiger partial charge in [0.2, 0.25) is 0 Å². The van der Waals surface area contributed by atoms with Crippen molar-refractivity contribution in [3.05, 3.63) is 94.5 Å². The second-order valence-electron chi connectivity index (χ2n) is 5.72. The van der Waals surface area contributed by atoms with Crippen LogP contribution in [0.25, 0.3) is 0 Å². The summed E-state index contributed by atoms with van der Waals surface area (Å²) in [5.41, 5.74) is 1.71. The van der Waals surface area contributed by atoms with E-state index >= 15 is 0 Å². The fraction of sp³-hybridized carbons (Fsp3) is 0.0476. The van der Waals surface area contributed by atoms with Gasteiger partial charge in [0.25, 0.3) is 5.91 Å². The highest BCUT2D eigenvalue weighted by Crippen LogP contribution is 2.26. The lowest BCUT2D eigenvalue weighted by molar-refractivity contribution is 0.0696. The van der Waals surface area contributed by atoms with Crippen LogP contribution < -0.4 is 10.1 Å². The van der Waals surface area contributed by atoms with Gasteiger partial charge in [-0.1, -0.05) is 54.1 Å². The van der Waals surface area contributed by atoms with Gasteiger partial charge in [-0.2, -0.15) is 0 Å². The normalized spacial score (nSPS) is 10.3. The number of nitrogens with one attached hydrogen (secondary N) is 1. The van der Waals surface area contributed by atoms with E-state index < -0.39 is 11.9 Å². The Labute approximate surface area is 161 Å². The van der Waals surface area contributed by atoms with E-state index in [9.17, 15) is 9.59 Å². The van der Waals surface area contributed by atoms with Crippen molar-refractivity contribution >= 4 is 29.2 Å². The lowest BCUT2D eigenvalue weighted by Crippen LogP contribution is -2.14. The Hall–Kier alpha value is -3.31. The van der Waals surface area contributed by atoms with Crippen molar-refractivity contribution in [2.45, 2.75) is 6.61 Å². The zero-order chi connectivity index (χ0) is 19.2. The van der Waals surface area contributed by atoms with Gasteiger partial charge in [0, 0.05) is 0 Å². The number of anilines is 1. The van der Waals surface area contributed by atoms with Gasteiger partial charge >= 0.3 is 5.97 Å². The summed E-state index contributed by atoms with van der Waals surface area (Å²) in [5.74, 6) is -1.05. The van der Waals surface area contributed by atoms with Gasteiger partial charge in [-0.05, 0) is 35.9 Å². The standard InChI is InChI=1S/C21H16ClNO4/c22-17-12-15(21(25)26)10-11-18(17)23-20(24)16-8-4-5-9-19(16)27-13-14-6-2-1-3-7-14/h1-12H,13H2,(H,23,24)(H,25,26). The number of amides is 1. The van der Waals surface area contributed by atoms with Crippen LogP contribution in [0.5, 0.6) is 5.75 Å². The number of carboxylic acids is 1. The Balaban J connectivity index is 1.76. The SMILES string of the molecule is O=C(O)c1ccc(NC(=O)c2ccccc2OCc2ccccc2)c(Cl)c1. The lowest BCUT2D eigenvalue weighted by atomic mass is 10.1. The molecule has 0 spiro atoms. The molecule has 3 rings (SSSR count). The Bertz CT molecular complexity index is 973. The zero-order valence-corrected chi connectivity index (χ0v) is 14.9. The summed E-state index contributed by atoms with van der Waals surface area (Å²) in [6.45, 7) is 0.333. The molecule has 0 atom stereocenters. The van der Waals surface area contributed by atoms with Crippen LogP contribution in [0.1, 0.15) is 26.3 Å². The summed E-state index contributed by atoms with van der Waals surface area (Å²) >= 11 is 6.08. The largest absolute Gasteiger partial charge is 0.488 e. The maximum atomic E-state index is 12.7. The van der Waals surface area contributed by atoms with E-state index in [1.807, 2.05) is 30.3 Å². The van der Waals surface area contributed by atoms with E-state index in [0.717, 1.165) is 5.56 Å². The molecule has 0 aromatic heterocycles. The van der Waals surface area contributed by atoms with Crippen LogP contribution in [0.2, 0.25) is 5.02 Å². The third-order valence-electron chi connectivity index (χ3n) is 3.83. The highest BCUT2D eigenvalue weighted by Gasteiger charge is 2.15. The van der Waals surface area contributed by atoms with Gasteiger partial charge in [0.1, 0.15) is 12.4 Å². The molecule has 3 aromatic carbocycles. The third-order valence-corrected chi connectivity index (χ3v) is 4.15. The van der Waals surface area contributed by atoms with Gasteiger partial charge in [-0.15, -0.1) is 0 Å². The molecule has 0 aliphatic heterocycles. The number of carbonyl (C=O) groups is 2. The Kier molecular flexibility index (Phi) is 5.74. The summed E-state index contributed by atoms with van der Waals surface area (Å²) in [5, 5.41) is 11.8. The molecule has 0 radical (unpaired) electrons. The average Bonchev–Trinajstić information content (AvgIpc) is 2.68. The van der Waals surface area contributed by atoms with E-state index in [2.05, 4.69) is 5.32 Å². The predicted octanol–water partition coefficient (Wildman–Crippen LogP) is 4.87. The Morgan fingerprint density at radius 3 is 2.37 bits per heavy atom. The Morgan fingerprint density at radius 2 is 1.67 bits per heavy atom. The first kappa shape index (κ1) is 18.5. The van der Waals surface area contributed by atoms with Gasteiger partial charge in [-0.25, -0.2) is 4.79 Å². The third kappa shape index (κ3) is 4.65. The van der Waals surface area contributed by atoms with E-state index in [1.165, 1.54) is 18.2 Å². The van der Waals surface area contributed by atoms with Crippen LogP contribution in [-0.2, 0) is 6.61 Å². The van der Waals surface area contributed by atoms with E-state index in [-0.39, 0.29) is 10.6 Å². The summed E-state index contributed by atoms with van der Waals surface area (Å²) in [7, 11) is 0. The summed E-state index contributed by atoms with van der Waals surface area (Å²) in [6.07, 6.45) is 0. The van der Waals surface area contributed by atoms with Crippen LogP contribution in [0.4, 0.5) is 5.69 Å². The first-order valence-electron chi connectivity index (χ1n) is 8.14. The quantitative estimate of drug-likeness (QED) is 0.638. The molecule has 0 unspecified atom stereocenters. The minimum absolute atomic E-state index is 0.0459. The number of hydrogen-bond acceptors (Lipinski definition) is 3. The fourth-order valence-corrected chi connectivity index (χ4v) is 2.68. The molecule has 0 aliphatic rings. The second-order valence-corrected chi connectivity index (χ2v) is 6.13. The smallest absolute Gasteiger partial charge is 0.335 e. The van der Waals surface area contributed by atoms with Gasteiger partial charge in [0.15, 0.2) is 0 Å². The topological polar surface area (TPSA) is 75.6 Å². The van der Waals surface area contributed by atoms with E-state index in [0.29, 0.717) is 23.6 Å². The van der Waals surface area contributed by atoms with Crippen molar-refractivity contribution in [3.63, 3.8) is 0 Å². The molecule has 136 valence electrons. The van der Waals surface area contributed by atoms with Crippen molar-refractivity contribution in [2.75, 3.05) is 5.32 Å². The molecule has 3 aromatic rings. The van der Waals surface area contributed by atoms with Crippen molar-refractivity contribution in [2.24, 2.45) is 0 Å². The number of benzene rings is 3. The van der Waals surface area contributed by atoms with Crippen molar-refractivity contribution in [3.8, 4) is 5.75 Å². The number of para-hydroxylation sites is 1. The summed E-state index contributed by atoms with van der Waals surface area (Å²) in [4.78, 5) is 23.6. The van der Waals surface area contributed by atoms with Crippen molar-refractivity contribution in [1.29, 1.82) is 0 Å². The monoisotopic (exact) mass is 381 g/mol. The minimum Gasteiger partial charge on any atom is -0.488 e. The van der Waals surface area contributed by atoms with E-state index in [4.69, 9.17) is 21.4 Å². The molecule has 0 aliphatic carbocycles. The molecule has 27 heavy (non-hydrogen) atoms. The van der Waals surface area contributed by atoms with Crippen LogP contribution in [0.15, 0.2) is 72.8 Å². The van der Waals surface area contributed by atoms with Gasteiger partial charge < -0.3 is 15.2 Å². The fourth-order valence-electron chi connectivity index (χ4n) is 2.45. The van der Waals surface area contributed by atoms with Crippen molar-refractivity contribution in [1.82, 2.24) is 0 Å². The number of carbonyl (C=O) groups excluding carboxylic acids is 1. The predicted molar refractivity (Wildman–Crippen MR) is 104 cm³/mol. The van der Waals surface area contributed by atoms with Gasteiger partial charge in [0.05, 0.1) is 21.8 Å². The zero-order valence-electron chi connectivity index (χ0n) is 14.2. The molecule has 0 heterocycles. The maximum absolute atomic E-state index is 12.7. The number of hydrogen-bond donors (Lipinski definition) is 2. The Morgan fingerprint density at radius 1 is 0.963 bits per heavy atom. The van der Waals surface area contributed by atoms with Gasteiger partial charge in [-0.3, -0.25) is 4.79 Å². The molecule has 0 fully saturated rings. The second kappa shape index (κ2) is 8.38. The highest BCUT2D eigenvalue weighted by atomic mass is 35.5. The molecular weight excluding hydrogens is 366 g/mol. The van der Waals surface area contributed by atoms with Crippen LogP contribution in [0, 0.1) is 0 Å². The van der Waals surface area contributed by atoms with Crippen LogP contribution >= 0.6 is 11.6 Å². The number of carboxylic acid groups (broad SMARTS) is 1. The first-order chi connectivity index (χ1) is 13.0. The average molecular weight is 382 g/mol. The highest BCUT2D eigenvalue weighted by molar-refractivity contribution is 6.34. The molecular formula is C21H16ClNO4. The molecule has 1 amide bonds. The lowest BCUT2D eigenvalue weighted by Gasteiger charge is -2.12. The number of ether oxygens (including phenoxy) is 1. The molecule has 0 bridgehead atoms. The van der Waals surface area contributed by atoms with E-state index in [1.54, 1.807) is 24.3 Å². The molecule has 6 heteroatoms. The number of halogens is 1. The minimum atomic E-state index is -1.09.